The summed E-state index contributed by atoms with van der Waals surface area (Å²) in [6.45, 7) is 10.4. The van der Waals surface area contributed by atoms with Crippen LogP contribution in [0.2, 0.25) is 0 Å². The van der Waals surface area contributed by atoms with E-state index >= 15 is 0 Å². The second-order valence-electron chi connectivity index (χ2n) is 7.86. The number of carbonyl (C=O) groups excluding carboxylic acids is 1. The molecule has 0 aliphatic rings. The zero-order chi connectivity index (χ0) is 21.8. The van der Waals surface area contributed by atoms with Gasteiger partial charge < -0.3 is 5.32 Å². The first-order chi connectivity index (χ1) is 13.5. The van der Waals surface area contributed by atoms with Crippen LogP contribution >= 0.6 is 0 Å². The van der Waals surface area contributed by atoms with E-state index in [0.717, 1.165) is 16.7 Å². The van der Waals surface area contributed by atoms with Gasteiger partial charge in [0.2, 0.25) is 15.9 Å². The Hall–Kier alpha value is -2.34. The van der Waals surface area contributed by atoms with E-state index in [2.05, 4.69) is 38.2 Å². The first-order valence-electron chi connectivity index (χ1n) is 9.90. The molecule has 0 saturated heterocycles. The molecule has 0 saturated carbocycles. The van der Waals surface area contributed by atoms with Crippen molar-refractivity contribution < 1.29 is 13.2 Å². The van der Waals surface area contributed by atoms with E-state index in [1.54, 1.807) is 6.07 Å². The first kappa shape index (κ1) is 22.9. The van der Waals surface area contributed by atoms with Gasteiger partial charge in [0.05, 0.1) is 18.0 Å². The summed E-state index contributed by atoms with van der Waals surface area (Å²) in [6.07, 6.45) is 1.91. The zero-order valence-electron chi connectivity index (χ0n) is 18.2. The van der Waals surface area contributed by atoms with Crippen LogP contribution < -0.4 is 9.62 Å². The molecule has 2 rings (SSSR count). The molecule has 2 aromatic rings. The van der Waals surface area contributed by atoms with Crippen LogP contribution in [0.5, 0.6) is 0 Å². The predicted octanol–water partition coefficient (Wildman–Crippen LogP) is 4.34. The number of rotatable bonds is 8. The van der Waals surface area contributed by atoms with E-state index in [1.165, 1.54) is 21.7 Å². The van der Waals surface area contributed by atoms with Crippen LogP contribution in [0.3, 0.4) is 0 Å². The first-order valence-corrected chi connectivity index (χ1v) is 11.8. The molecule has 0 aliphatic heterocycles. The third kappa shape index (κ3) is 6.32. The smallest absolute Gasteiger partial charge is 0.232 e. The molecule has 0 bridgehead atoms. The van der Waals surface area contributed by atoms with E-state index in [-0.39, 0.29) is 24.9 Å². The van der Waals surface area contributed by atoms with Crippen molar-refractivity contribution in [2.75, 3.05) is 17.1 Å². The minimum Gasteiger partial charge on any atom is -0.350 e. The fourth-order valence-electron chi connectivity index (χ4n) is 3.49. The van der Waals surface area contributed by atoms with Crippen LogP contribution in [0.1, 0.15) is 53.6 Å². The summed E-state index contributed by atoms with van der Waals surface area (Å²) >= 11 is 0. The number of anilines is 1. The SMILES string of the molecule is Cc1cccc(N(CCCC(=O)NC(C)c2cc(C)c(C)cc2C)S(C)(=O)=O)c1. The lowest BCUT2D eigenvalue weighted by atomic mass is 9.96. The maximum absolute atomic E-state index is 12.4. The lowest BCUT2D eigenvalue weighted by Crippen LogP contribution is -2.32. The van der Waals surface area contributed by atoms with Crippen molar-refractivity contribution in [3.05, 3.63) is 64.2 Å². The molecule has 1 unspecified atom stereocenters. The normalized spacial score (nSPS) is 12.5. The highest BCUT2D eigenvalue weighted by atomic mass is 32.2. The fraction of sp³-hybridized carbons (Fsp3) is 0.435. The van der Waals surface area contributed by atoms with E-state index < -0.39 is 10.0 Å². The summed E-state index contributed by atoms with van der Waals surface area (Å²) in [4.78, 5) is 12.4. The van der Waals surface area contributed by atoms with E-state index in [1.807, 2.05) is 32.0 Å². The fourth-order valence-corrected chi connectivity index (χ4v) is 4.45. The van der Waals surface area contributed by atoms with Gasteiger partial charge in [-0.15, -0.1) is 0 Å². The average molecular weight is 417 g/mol. The predicted molar refractivity (Wildman–Crippen MR) is 120 cm³/mol. The van der Waals surface area contributed by atoms with Gasteiger partial charge in [-0.25, -0.2) is 8.42 Å². The second-order valence-corrected chi connectivity index (χ2v) is 9.77. The highest BCUT2D eigenvalue weighted by Gasteiger charge is 2.18. The Bertz CT molecular complexity index is 984. The minimum absolute atomic E-state index is 0.0761. The van der Waals surface area contributed by atoms with Crippen molar-refractivity contribution in [1.29, 1.82) is 0 Å². The minimum atomic E-state index is -3.41. The third-order valence-corrected chi connectivity index (χ3v) is 6.38. The number of aryl methyl sites for hydroxylation is 4. The van der Waals surface area contributed by atoms with Gasteiger partial charge >= 0.3 is 0 Å². The topological polar surface area (TPSA) is 66.5 Å². The molecule has 2 aromatic carbocycles. The Morgan fingerprint density at radius 2 is 1.69 bits per heavy atom. The van der Waals surface area contributed by atoms with Crippen molar-refractivity contribution in [3.63, 3.8) is 0 Å². The van der Waals surface area contributed by atoms with Gasteiger partial charge in [0.25, 0.3) is 0 Å². The van der Waals surface area contributed by atoms with Gasteiger partial charge in [-0.3, -0.25) is 9.10 Å². The molecule has 1 amide bonds. The molecule has 0 aromatic heterocycles. The summed E-state index contributed by atoms with van der Waals surface area (Å²) in [5.41, 5.74) is 6.33. The third-order valence-electron chi connectivity index (χ3n) is 5.18. The molecule has 0 fully saturated rings. The molecule has 0 spiro atoms. The Kier molecular flexibility index (Phi) is 7.47. The number of sulfonamides is 1. The maximum Gasteiger partial charge on any atom is 0.232 e. The second kappa shape index (κ2) is 9.44. The summed E-state index contributed by atoms with van der Waals surface area (Å²) < 4.78 is 25.8. The highest BCUT2D eigenvalue weighted by Crippen LogP contribution is 2.22. The molecule has 5 nitrogen and oxygen atoms in total. The largest absolute Gasteiger partial charge is 0.350 e. The Labute approximate surface area is 175 Å². The number of nitrogens with zero attached hydrogens (tertiary/aromatic N) is 1. The van der Waals surface area contributed by atoms with E-state index in [0.29, 0.717) is 12.1 Å². The quantitative estimate of drug-likeness (QED) is 0.696. The summed E-state index contributed by atoms with van der Waals surface area (Å²) in [7, 11) is -3.41. The molecule has 0 aliphatic carbocycles. The van der Waals surface area contributed by atoms with Gasteiger partial charge in [0.15, 0.2) is 0 Å². The molecule has 29 heavy (non-hydrogen) atoms. The van der Waals surface area contributed by atoms with Crippen molar-refractivity contribution in [2.24, 2.45) is 0 Å². The zero-order valence-corrected chi connectivity index (χ0v) is 19.1. The molecule has 158 valence electrons. The monoisotopic (exact) mass is 416 g/mol. The van der Waals surface area contributed by atoms with Crippen LogP contribution in [0.15, 0.2) is 36.4 Å². The van der Waals surface area contributed by atoms with Crippen LogP contribution in [0, 0.1) is 27.7 Å². The lowest BCUT2D eigenvalue weighted by molar-refractivity contribution is -0.121. The van der Waals surface area contributed by atoms with Crippen LogP contribution in [-0.2, 0) is 14.8 Å². The maximum atomic E-state index is 12.4. The van der Waals surface area contributed by atoms with Crippen molar-refractivity contribution in [1.82, 2.24) is 5.32 Å². The number of hydrogen-bond acceptors (Lipinski definition) is 3. The van der Waals surface area contributed by atoms with Gasteiger partial charge in [-0.1, -0.05) is 24.3 Å². The van der Waals surface area contributed by atoms with Gasteiger partial charge in [0, 0.05) is 13.0 Å². The highest BCUT2D eigenvalue weighted by molar-refractivity contribution is 7.92. The van der Waals surface area contributed by atoms with Gasteiger partial charge in [-0.05, 0) is 81.0 Å². The van der Waals surface area contributed by atoms with Crippen LogP contribution in [0.25, 0.3) is 0 Å². The van der Waals surface area contributed by atoms with Crippen molar-refractivity contribution in [2.45, 2.75) is 53.5 Å². The van der Waals surface area contributed by atoms with Gasteiger partial charge in [-0.2, -0.15) is 0 Å². The molecule has 0 radical (unpaired) electrons. The number of nitrogens with one attached hydrogen (secondary N) is 1. The average Bonchev–Trinajstić information content (AvgIpc) is 2.60. The number of benzene rings is 2. The molecular formula is C23H32N2O3S. The molecular weight excluding hydrogens is 384 g/mol. The number of amides is 1. The van der Waals surface area contributed by atoms with E-state index in [4.69, 9.17) is 0 Å². The molecule has 1 atom stereocenters. The Morgan fingerprint density at radius 1 is 1.03 bits per heavy atom. The summed E-state index contributed by atoms with van der Waals surface area (Å²) in [5, 5.41) is 3.04. The molecule has 0 heterocycles. The molecule has 6 heteroatoms. The summed E-state index contributed by atoms with van der Waals surface area (Å²) in [6, 6.07) is 11.5. The molecule has 1 N–H and O–H groups in total. The van der Waals surface area contributed by atoms with E-state index in [9.17, 15) is 13.2 Å². The van der Waals surface area contributed by atoms with Crippen LogP contribution in [-0.4, -0.2) is 27.1 Å². The standard InChI is InChI=1S/C23H32N2O3S/c1-16-9-7-10-21(13-16)25(29(6,27)28)12-8-11-23(26)24-20(5)22-15-18(3)17(2)14-19(22)4/h7,9-10,13-15,20H,8,11-12H2,1-6H3,(H,24,26). The summed E-state index contributed by atoms with van der Waals surface area (Å²) in [5.74, 6) is -0.0761. The number of hydrogen-bond donors (Lipinski definition) is 1. The number of carbonyl (C=O) groups is 1. The Morgan fingerprint density at radius 3 is 2.31 bits per heavy atom. The van der Waals surface area contributed by atoms with Crippen molar-refractivity contribution >= 4 is 21.6 Å². The lowest BCUT2D eigenvalue weighted by Gasteiger charge is -2.23. The van der Waals surface area contributed by atoms with Crippen molar-refractivity contribution in [3.8, 4) is 0 Å². The van der Waals surface area contributed by atoms with Crippen LogP contribution in [0.4, 0.5) is 5.69 Å². The van der Waals surface area contributed by atoms with Gasteiger partial charge in [0.1, 0.15) is 0 Å². The Balaban J connectivity index is 1.98.